The Morgan fingerprint density at radius 1 is 1.30 bits per heavy atom. The molecule has 3 heterocycles. The average molecular weight is 381 g/mol. The van der Waals surface area contributed by atoms with E-state index in [1.165, 1.54) is 6.33 Å². The summed E-state index contributed by atoms with van der Waals surface area (Å²) in [6.07, 6.45) is 2.28. The van der Waals surface area contributed by atoms with Gasteiger partial charge in [-0.3, -0.25) is 9.59 Å². The van der Waals surface area contributed by atoms with Crippen molar-refractivity contribution >= 4 is 12.4 Å². The molecular weight excluding hydrogens is 354 g/mol. The molecule has 27 heavy (non-hydrogen) atoms. The number of carbonyl (C=O) groups excluding carboxylic acids is 1. The highest BCUT2D eigenvalue weighted by Gasteiger charge is 2.49. The fourth-order valence-corrected chi connectivity index (χ4v) is 3.76. The third kappa shape index (κ3) is 4.60. The number of aliphatic hydroxyl groups is 2. The normalized spacial score (nSPS) is 26.9. The van der Waals surface area contributed by atoms with E-state index >= 15 is 0 Å². The van der Waals surface area contributed by atoms with Gasteiger partial charge in [0.15, 0.2) is 0 Å². The Hall–Kier alpha value is -2.10. The van der Waals surface area contributed by atoms with E-state index in [-0.39, 0.29) is 19.0 Å². The summed E-state index contributed by atoms with van der Waals surface area (Å²) in [6, 6.07) is 0. The molecule has 1 aromatic heterocycles. The molecule has 1 spiro atoms. The molecule has 0 radical (unpaired) electrons. The van der Waals surface area contributed by atoms with Gasteiger partial charge in [-0.1, -0.05) is 0 Å². The second kappa shape index (κ2) is 8.28. The highest BCUT2D eigenvalue weighted by molar-refractivity contribution is 5.96. The van der Waals surface area contributed by atoms with Gasteiger partial charge in [-0.15, -0.1) is 0 Å². The van der Waals surface area contributed by atoms with Crippen LogP contribution in [0.2, 0.25) is 0 Å². The summed E-state index contributed by atoms with van der Waals surface area (Å²) in [6.45, 7) is 6.27. The van der Waals surface area contributed by atoms with Gasteiger partial charge in [-0.05, 0) is 33.6 Å². The number of amides is 1. The third-order valence-electron chi connectivity index (χ3n) is 5.35. The first-order chi connectivity index (χ1) is 12.7. The van der Waals surface area contributed by atoms with Crippen LogP contribution in [0, 0.1) is 13.8 Å². The maximum absolute atomic E-state index is 12.8. The predicted octanol–water partition coefficient (Wildman–Crippen LogP) is 0.301. The fraction of sp³-hybridized carbons (Fsp3) is 0.667. The molecule has 1 amide bonds. The smallest absolute Gasteiger partial charge is 0.290 e. The first kappa shape index (κ1) is 21.2. The molecule has 0 aliphatic carbocycles. The minimum Gasteiger partial charge on any atom is -0.483 e. The first-order valence-electron chi connectivity index (χ1n) is 8.85. The van der Waals surface area contributed by atoms with Crippen LogP contribution in [0.15, 0.2) is 6.33 Å². The lowest BCUT2D eigenvalue weighted by molar-refractivity contribution is -0.221. The molecule has 1 aromatic rings. The summed E-state index contributed by atoms with van der Waals surface area (Å²) < 4.78 is 5.86. The second-order valence-corrected chi connectivity index (χ2v) is 7.36. The van der Waals surface area contributed by atoms with Gasteiger partial charge in [-0.2, -0.15) is 0 Å². The summed E-state index contributed by atoms with van der Waals surface area (Å²) in [4.78, 5) is 31.2. The Bertz CT molecular complexity index is 665. The molecule has 2 saturated heterocycles. The number of hydrogen-bond donors (Lipinski definition) is 3. The number of aromatic nitrogens is 2. The van der Waals surface area contributed by atoms with Crippen molar-refractivity contribution in [2.45, 2.75) is 57.3 Å². The minimum atomic E-state index is -1.15. The highest BCUT2D eigenvalue weighted by atomic mass is 16.5. The Balaban J connectivity index is 0.000000817. The van der Waals surface area contributed by atoms with Crippen LogP contribution in [-0.4, -0.2) is 79.6 Å². The van der Waals surface area contributed by atoms with Gasteiger partial charge in [0.05, 0.1) is 34.8 Å². The third-order valence-corrected chi connectivity index (χ3v) is 5.35. The van der Waals surface area contributed by atoms with Gasteiger partial charge >= 0.3 is 0 Å². The lowest BCUT2D eigenvalue weighted by Gasteiger charge is -2.49. The largest absolute Gasteiger partial charge is 0.483 e. The zero-order valence-corrected chi connectivity index (χ0v) is 15.9. The van der Waals surface area contributed by atoms with Crippen molar-refractivity contribution in [3.63, 3.8) is 0 Å². The van der Waals surface area contributed by atoms with Crippen molar-refractivity contribution in [1.29, 1.82) is 0 Å². The Kier molecular flexibility index (Phi) is 6.50. The number of nitrogens with zero attached hydrogens (tertiary/aromatic N) is 3. The molecule has 2 fully saturated rings. The summed E-state index contributed by atoms with van der Waals surface area (Å²) in [5, 5.41) is 27.1. The molecule has 2 aliphatic rings. The van der Waals surface area contributed by atoms with Crippen molar-refractivity contribution in [1.82, 2.24) is 14.9 Å². The average Bonchev–Trinajstić information content (AvgIpc) is 2.59. The first-order valence-corrected chi connectivity index (χ1v) is 8.85. The zero-order chi connectivity index (χ0) is 20.2. The van der Waals surface area contributed by atoms with E-state index in [1.807, 2.05) is 13.8 Å². The molecular formula is C18H27N3O6. The summed E-state index contributed by atoms with van der Waals surface area (Å²) >= 11 is 0. The number of rotatable bonds is 1. The molecule has 9 heteroatoms. The SMILES string of the molecule is Cc1ncnc(C)c1C(=O)N1CCC2(CC1)C[C@](C)(O)[C@@H](O)CO2.O=CO. The molecule has 0 saturated carbocycles. The molecule has 3 N–H and O–H groups in total. The van der Waals surface area contributed by atoms with Gasteiger partial charge in [-0.25, -0.2) is 9.97 Å². The van der Waals surface area contributed by atoms with E-state index in [0.29, 0.717) is 49.3 Å². The number of piperidine rings is 1. The van der Waals surface area contributed by atoms with E-state index in [9.17, 15) is 15.0 Å². The van der Waals surface area contributed by atoms with E-state index < -0.39 is 17.3 Å². The van der Waals surface area contributed by atoms with Gasteiger partial charge in [0.25, 0.3) is 12.4 Å². The standard InChI is InChI=1S/C17H25N3O4.CH2O2/c1-11-14(12(2)19-10-18-11)15(22)20-6-4-17(5-7-20)9-16(3,23)13(21)8-24-17;2-1-3/h10,13,21,23H,4-9H2,1-3H3;1H,(H,2,3)/t13-,16-;/m0./s1. The molecule has 150 valence electrons. The molecule has 9 nitrogen and oxygen atoms in total. The number of carboxylic acid groups (broad SMARTS) is 1. The van der Waals surface area contributed by atoms with Gasteiger partial charge in [0, 0.05) is 19.5 Å². The molecule has 2 atom stereocenters. The molecule has 3 rings (SSSR count). The van der Waals surface area contributed by atoms with Crippen LogP contribution in [0.25, 0.3) is 0 Å². The Labute approximate surface area is 158 Å². The quantitative estimate of drug-likeness (QED) is 0.592. The fourth-order valence-electron chi connectivity index (χ4n) is 3.76. The number of likely N-dealkylation sites (tertiary alicyclic amines) is 1. The minimum absolute atomic E-state index is 0.0527. The molecule has 0 aromatic carbocycles. The Morgan fingerprint density at radius 3 is 2.30 bits per heavy atom. The number of aryl methyl sites for hydroxylation is 2. The van der Waals surface area contributed by atoms with E-state index in [2.05, 4.69) is 9.97 Å². The van der Waals surface area contributed by atoms with Gasteiger partial charge in [0.2, 0.25) is 0 Å². The lowest BCUT2D eigenvalue weighted by Crippen LogP contribution is -2.59. The number of hydrogen-bond acceptors (Lipinski definition) is 7. The number of carbonyl (C=O) groups is 2. The van der Waals surface area contributed by atoms with E-state index in [4.69, 9.17) is 14.6 Å². The van der Waals surface area contributed by atoms with E-state index in [0.717, 1.165) is 0 Å². The molecule has 2 aliphatic heterocycles. The van der Waals surface area contributed by atoms with Crippen molar-refractivity contribution in [3.8, 4) is 0 Å². The monoisotopic (exact) mass is 381 g/mol. The van der Waals surface area contributed by atoms with Crippen LogP contribution in [-0.2, 0) is 9.53 Å². The van der Waals surface area contributed by atoms with E-state index in [1.54, 1.807) is 11.8 Å². The number of ether oxygens (including phenoxy) is 1. The maximum atomic E-state index is 12.8. The van der Waals surface area contributed by atoms with Crippen LogP contribution in [0.3, 0.4) is 0 Å². The van der Waals surface area contributed by atoms with Crippen molar-refractivity contribution in [2.24, 2.45) is 0 Å². The zero-order valence-electron chi connectivity index (χ0n) is 15.9. The summed E-state index contributed by atoms with van der Waals surface area (Å²) in [5.74, 6) is -0.0527. The van der Waals surface area contributed by atoms with Crippen LogP contribution in [0.4, 0.5) is 0 Å². The Morgan fingerprint density at radius 2 is 1.81 bits per heavy atom. The summed E-state index contributed by atoms with van der Waals surface area (Å²) in [5.41, 5.74) is 0.336. The van der Waals surface area contributed by atoms with Crippen LogP contribution < -0.4 is 0 Å². The van der Waals surface area contributed by atoms with Crippen molar-refractivity contribution in [2.75, 3.05) is 19.7 Å². The molecule has 0 bridgehead atoms. The lowest BCUT2D eigenvalue weighted by atomic mass is 9.76. The van der Waals surface area contributed by atoms with Crippen molar-refractivity contribution < 1.29 is 29.6 Å². The van der Waals surface area contributed by atoms with Crippen LogP contribution >= 0.6 is 0 Å². The predicted molar refractivity (Wildman–Crippen MR) is 95.3 cm³/mol. The highest BCUT2D eigenvalue weighted by Crippen LogP contribution is 2.39. The van der Waals surface area contributed by atoms with Crippen molar-refractivity contribution in [3.05, 3.63) is 23.3 Å². The number of aliphatic hydroxyl groups excluding tert-OH is 1. The van der Waals surface area contributed by atoms with Gasteiger partial charge < -0.3 is 25.0 Å². The van der Waals surface area contributed by atoms with Crippen LogP contribution in [0.1, 0.15) is 47.9 Å². The molecule has 0 unspecified atom stereocenters. The van der Waals surface area contributed by atoms with Gasteiger partial charge in [0.1, 0.15) is 12.4 Å². The topological polar surface area (TPSA) is 133 Å². The second-order valence-electron chi connectivity index (χ2n) is 7.36. The maximum Gasteiger partial charge on any atom is 0.290 e. The van der Waals surface area contributed by atoms with Crippen LogP contribution in [0.5, 0.6) is 0 Å². The summed E-state index contributed by atoms with van der Waals surface area (Å²) in [7, 11) is 0.